The molecule has 25 heteroatoms. The van der Waals surface area contributed by atoms with E-state index in [0.29, 0.717) is 25.3 Å². The Bertz CT molecular complexity index is 2200. The maximum Gasteiger partial charge on any atom is 0.490 e. The van der Waals surface area contributed by atoms with E-state index in [1.165, 1.54) is 78.8 Å². The third-order valence-corrected chi connectivity index (χ3v) is 10.5. The smallest absolute Gasteiger partial charge is 0.459 e. The van der Waals surface area contributed by atoms with Gasteiger partial charge in [0, 0.05) is 44.3 Å². The molecule has 5 atom stereocenters. The van der Waals surface area contributed by atoms with Crippen LogP contribution in [0.25, 0.3) is 6.08 Å². The van der Waals surface area contributed by atoms with Crippen LogP contribution in [0.4, 0.5) is 48.3 Å². The predicted octanol–water partition coefficient (Wildman–Crippen LogP) is 9.65. The summed E-state index contributed by atoms with van der Waals surface area (Å²) in [6.45, 7) is 19.5. The number of ether oxygens (including phenoxy) is 7. The summed E-state index contributed by atoms with van der Waals surface area (Å²) in [6, 6.07) is 5.56. The molecular formula is C46H53F11O14. The largest absolute Gasteiger partial charge is 0.490 e. The molecule has 5 rings (SSSR count). The topological polar surface area (TPSA) is 184 Å². The SMILES string of the molecule is C=C(C)C(=O)OC(CC)C(F)(F)C(=O)OC(C)(C)C.C=C(C)C(=O)OC12CC3CC(OC(C)=O)(C1)CC(OC(=O)C(F)(F)F)(C3)C2.C=Cc1ccc(COC(=O)C(OC(C)=O)(C(F)(F)F)C(F)(F)F)cc1. The highest BCUT2D eigenvalue weighted by atomic mass is 19.4. The molecule has 0 radical (unpaired) electrons. The third kappa shape index (κ3) is 15.7. The fourth-order valence-corrected chi connectivity index (χ4v) is 8.25. The van der Waals surface area contributed by atoms with Gasteiger partial charge in [-0.25, -0.2) is 24.0 Å². The number of rotatable bonds is 14. The molecule has 4 aliphatic carbocycles. The maximum atomic E-state index is 13.9. The molecule has 4 aliphatic rings. The lowest BCUT2D eigenvalue weighted by Crippen LogP contribution is -2.69. The van der Waals surface area contributed by atoms with Crippen molar-refractivity contribution in [2.75, 3.05) is 0 Å². The van der Waals surface area contributed by atoms with Gasteiger partial charge < -0.3 is 33.2 Å². The van der Waals surface area contributed by atoms with E-state index in [9.17, 15) is 81.9 Å². The van der Waals surface area contributed by atoms with Gasteiger partial charge >= 0.3 is 71.8 Å². The standard InChI is InChI=1S/C18H21F3O6.C15H12F6O4.C13H20F2O4/c1-10(2)13(23)26-16-5-12-4-15(7-16,25-11(3)22)8-17(6-12,9-16)27-14(24)18(19,20)21;1-3-10-4-6-11(7-5-10)8-24-12(23)13(14(16,17)18,15(19,20)21)25-9(2)22;1-7-9(18-10(16)8(2)3)13(14,15)11(17)19-12(4,5)6/h12H,1,4-9H2,2-3H3;3-7H,1,8H2,2H3;9H,2,7H2,1,3-6H3. The number of alkyl halides is 11. The average Bonchev–Trinajstić information content (AvgIpc) is 3.18. The van der Waals surface area contributed by atoms with Crippen LogP contribution in [0.2, 0.25) is 0 Å². The predicted molar refractivity (Wildman–Crippen MR) is 223 cm³/mol. The average molecular weight is 1040 g/mol. The zero-order valence-electron chi connectivity index (χ0n) is 39.7. The van der Waals surface area contributed by atoms with Crippen molar-refractivity contribution in [2.24, 2.45) is 5.92 Å². The van der Waals surface area contributed by atoms with E-state index in [-0.39, 0.29) is 54.7 Å². The third-order valence-electron chi connectivity index (χ3n) is 10.5. The fourth-order valence-electron chi connectivity index (χ4n) is 8.25. The van der Waals surface area contributed by atoms with Crippen molar-refractivity contribution in [3.05, 3.63) is 66.3 Å². The molecule has 398 valence electrons. The van der Waals surface area contributed by atoms with E-state index in [4.69, 9.17) is 14.2 Å². The normalized spacial score (nSPS) is 22.0. The zero-order chi connectivity index (χ0) is 55.1. The number of esters is 7. The quantitative estimate of drug-likeness (QED) is 0.0743. The molecule has 4 bridgehead atoms. The van der Waals surface area contributed by atoms with E-state index < -0.39 is 107 Å². The van der Waals surface area contributed by atoms with Crippen LogP contribution in [0.3, 0.4) is 0 Å². The number of benzene rings is 1. The fraction of sp³-hybridized carbons (Fsp3) is 0.587. The Morgan fingerprint density at radius 2 is 1.10 bits per heavy atom. The molecule has 0 heterocycles. The summed E-state index contributed by atoms with van der Waals surface area (Å²) in [7, 11) is 0. The van der Waals surface area contributed by atoms with Gasteiger partial charge in [0.25, 0.3) is 0 Å². The van der Waals surface area contributed by atoms with Gasteiger partial charge in [0.1, 0.15) is 29.0 Å². The molecule has 4 fully saturated rings. The van der Waals surface area contributed by atoms with Crippen LogP contribution in [0, 0.1) is 5.92 Å². The van der Waals surface area contributed by atoms with Crippen molar-refractivity contribution in [1.29, 1.82) is 0 Å². The Balaban J connectivity index is 0.000000372. The van der Waals surface area contributed by atoms with Crippen molar-refractivity contribution < 1.29 is 115 Å². The molecule has 0 saturated heterocycles. The minimum atomic E-state index is -6.26. The van der Waals surface area contributed by atoms with Crippen LogP contribution in [0.15, 0.2) is 55.1 Å². The van der Waals surface area contributed by atoms with E-state index >= 15 is 0 Å². The first-order valence-corrected chi connectivity index (χ1v) is 21.1. The van der Waals surface area contributed by atoms with Gasteiger partial charge in [0.15, 0.2) is 6.10 Å². The van der Waals surface area contributed by atoms with E-state index in [0.717, 1.165) is 0 Å². The van der Waals surface area contributed by atoms with Gasteiger partial charge in [-0.3, -0.25) is 9.59 Å². The Morgan fingerprint density at radius 3 is 1.46 bits per heavy atom. The van der Waals surface area contributed by atoms with Gasteiger partial charge in [-0.05, 0) is 77.3 Å². The second-order valence-electron chi connectivity index (χ2n) is 18.2. The molecule has 0 amide bonds. The molecule has 71 heavy (non-hydrogen) atoms. The maximum absolute atomic E-state index is 13.9. The van der Waals surface area contributed by atoms with Crippen molar-refractivity contribution in [2.45, 2.75) is 166 Å². The Kier molecular flexibility index (Phi) is 19.1. The summed E-state index contributed by atoms with van der Waals surface area (Å²) >= 11 is 0. The molecule has 0 N–H and O–H groups in total. The molecule has 14 nitrogen and oxygen atoms in total. The molecule has 1 aromatic rings. The van der Waals surface area contributed by atoms with Crippen LogP contribution in [-0.2, 0) is 73.3 Å². The van der Waals surface area contributed by atoms with Crippen molar-refractivity contribution in [3.8, 4) is 0 Å². The van der Waals surface area contributed by atoms with E-state index in [1.54, 1.807) is 0 Å². The highest BCUT2D eigenvalue weighted by Crippen LogP contribution is 2.63. The first-order valence-electron chi connectivity index (χ1n) is 21.1. The Hall–Kier alpha value is -6.04. The summed E-state index contributed by atoms with van der Waals surface area (Å²) in [5.74, 6) is -15.0. The minimum Gasteiger partial charge on any atom is -0.459 e. The molecule has 0 aromatic heterocycles. The van der Waals surface area contributed by atoms with Gasteiger partial charge in [-0.2, -0.15) is 48.3 Å². The van der Waals surface area contributed by atoms with E-state index in [2.05, 4.69) is 38.7 Å². The summed E-state index contributed by atoms with van der Waals surface area (Å²) < 4.78 is 177. The van der Waals surface area contributed by atoms with Crippen LogP contribution in [0.1, 0.15) is 111 Å². The van der Waals surface area contributed by atoms with Gasteiger partial charge in [-0.15, -0.1) is 0 Å². The lowest BCUT2D eigenvalue weighted by molar-refractivity contribution is -0.359. The molecule has 0 aliphatic heterocycles. The van der Waals surface area contributed by atoms with Crippen molar-refractivity contribution in [3.63, 3.8) is 0 Å². The highest BCUT2D eigenvalue weighted by Gasteiger charge is 2.80. The second-order valence-corrected chi connectivity index (χ2v) is 18.2. The van der Waals surface area contributed by atoms with Crippen molar-refractivity contribution in [1.82, 2.24) is 0 Å². The molecule has 5 unspecified atom stereocenters. The first-order chi connectivity index (χ1) is 32.0. The number of hydrogen-bond donors (Lipinski definition) is 0. The van der Waals surface area contributed by atoms with Crippen LogP contribution < -0.4 is 0 Å². The number of carbonyl (C=O) groups excluding carboxylic acids is 7. The van der Waals surface area contributed by atoms with Gasteiger partial charge in [-0.1, -0.05) is 57.0 Å². The highest BCUT2D eigenvalue weighted by molar-refractivity contribution is 5.88. The molecule has 0 spiro atoms. The molecule has 1 aromatic carbocycles. The minimum absolute atomic E-state index is 0.0153. The Labute approximate surface area is 400 Å². The second kappa shape index (κ2) is 22.2. The number of hydrogen-bond acceptors (Lipinski definition) is 14. The van der Waals surface area contributed by atoms with Crippen LogP contribution in [-0.4, -0.2) is 100 Å². The monoisotopic (exact) mass is 1040 g/mol. The van der Waals surface area contributed by atoms with Gasteiger partial charge in [0.05, 0.1) is 0 Å². The number of halogens is 11. The van der Waals surface area contributed by atoms with Crippen LogP contribution >= 0.6 is 0 Å². The Morgan fingerprint density at radius 1 is 0.648 bits per heavy atom. The first kappa shape index (κ1) is 61.1. The van der Waals surface area contributed by atoms with Crippen molar-refractivity contribution >= 4 is 47.9 Å². The molecular weight excluding hydrogens is 985 g/mol. The van der Waals surface area contributed by atoms with Gasteiger partial charge in [0.2, 0.25) is 0 Å². The van der Waals surface area contributed by atoms with E-state index in [1.807, 2.05) is 0 Å². The van der Waals surface area contributed by atoms with Crippen LogP contribution in [0.5, 0.6) is 0 Å². The molecule has 4 saturated carbocycles. The zero-order valence-corrected chi connectivity index (χ0v) is 39.7. The summed E-state index contributed by atoms with van der Waals surface area (Å²) in [5.41, 5.74) is -9.31. The number of carbonyl (C=O) groups is 7. The summed E-state index contributed by atoms with van der Waals surface area (Å²) in [5, 5.41) is 0. The lowest BCUT2D eigenvalue weighted by atomic mass is 9.50. The lowest BCUT2D eigenvalue weighted by Gasteiger charge is -2.63. The summed E-state index contributed by atoms with van der Waals surface area (Å²) in [6.07, 6.45) is -17.2. The summed E-state index contributed by atoms with van der Waals surface area (Å²) in [4.78, 5) is 80.4.